The van der Waals surface area contributed by atoms with Crippen LogP contribution in [0.4, 0.5) is 5.82 Å². The molecule has 2 aliphatic rings. The Labute approximate surface area is 158 Å². The second-order valence-corrected chi connectivity index (χ2v) is 8.55. The van der Waals surface area contributed by atoms with E-state index in [1.807, 2.05) is 25.1 Å². The smallest absolute Gasteiger partial charge is 0.183 e. The third-order valence-corrected chi connectivity index (χ3v) is 6.29. The van der Waals surface area contributed by atoms with Crippen molar-refractivity contribution in [1.29, 1.82) is 0 Å². The predicted molar refractivity (Wildman–Crippen MR) is 103 cm³/mol. The fraction of sp³-hybridized carbons (Fsp3) is 0.263. The zero-order chi connectivity index (χ0) is 17.0. The normalized spacial score (nSPS) is 16.4. The molecule has 0 saturated heterocycles. The Kier molecular flexibility index (Phi) is 3.47. The van der Waals surface area contributed by atoms with Gasteiger partial charge in [0.1, 0.15) is 5.03 Å². The van der Waals surface area contributed by atoms with Crippen molar-refractivity contribution in [3.05, 3.63) is 57.7 Å². The van der Waals surface area contributed by atoms with Gasteiger partial charge in [-0.1, -0.05) is 33.2 Å². The maximum atomic E-state index is 5.73. The lowest BCUT2D eigenvalue weighted by Crippen LogP contribution is -2.17. The SMILES string of the molecule is Cc1cccc(SNc2noc3c2CC2(CC2)c2ccc(Br)cc2-3)n1. The molecule has 1 saturated carbocycles. The number of halogens is 1. The number of anilines is 1. The molecule has 1 spiro atoms. The molecular formula is C19H16BrN3OS. The molecule has 0 bridgehead atoms. The van der Waals surface area contributed by atoms with Crippen molar-refractivity contribution in [2.75, 3.05) is 4.72 Å². The number of benzene rings is 1. The number of hydrogen-bond acceptors (Lipinski definition) is 5. The minimum Gasteiger partial charge on any atom is -0.354 e. The lowest BCUT2D eigenvalue weighted by Gasteiger charge is -2.24. The van der Waals surface area contributed by atoms with Crippen LogP contribution >= 0.6 is 27.9 Å². The molecule has 2 heterocycles. The molecular weight excluding hydrogens is 398 g/mol. The molecule has 0 aliphatic heterocycles. The van der Waals surface area contributed by atoms with Crippen LogP contribution in [0.2, 0.25) is 0 Å². The zero-order valence-electron chi connectivity index (χ0n) is 13.7. The van der Waals surface area contributed by atoms with Crippen LogP contribution in [-0.2, 0) is 11.8 Å². The average Bonchev–Trinajstić information content (AvgIpc) is 3.24. The van der Waals surface area contributed by atoms with Gasteiger partial charge < -0.3 is 9.25 Å². The molecule has 3 aromatic rings. The Balaban J connectivity index is 1.50. The van der Waals surface area contributed by atoms with Gasteiger partial charge in [-0.05, 0) is 56.0 Å². The molecule has 0 unspecified atom stereocenters. The van der Waals surface area contributed by atoms with Crippen molar-refractivity contribution >= 4 is 33.7 Å². The highest BCUT2D eigenvalue weighted by Crippen LogP contribution is 2.58. The first kappa shape index (κ1) is 15.5. The predicted octanol–water partition coefficient (Wildman–Crippen LogP) is 5.51. The second-order valence-electron chi connectivity index (χ2n) is 6.81. The Bertz CT molecular complexity index is 981. The van der Waals surface area contributed by atoms with Crippen LogP contribution in [0.15, 0.2) is 50.4 Å². The molecule has 5 rings (SSSR count). The van der Waals surface area contributed by atoms with E-state index in [4.69, 9.17) is 4.52 Å². The van der Waals surface area contributed by atoms with Gasteiger partial charge in [0.05, 0.1) is 0 Å². The van der Waals surface area contributed by atoms with Crippen LogP contribution in [-0.4, -0.2) is 10.1 Å². The first-order valence-corrected chi connectivity index (χ1v) is 9.91. The minimum absolute atomic E-state index is 0.275. The third kappa shape index (κ3) is 2.59. The molecule has 25 heavy (non-hydrogen) atoms. The molecule has 1 fully saturated rings. The number of nitrogens with zero attached hydrogens (tertiary/aromatic N) is 2. The number of aryl methyl sites for hydroxylation is 1. The number of hydrogen-bond donors (Lipinski definition) is 1. The monoisotopic (exact) mass is 413 g/mol. The van der Waals surface area contributed by atoms with Crippen molar-refractivity contribution in [3.63, 3.8) is 0 Å². The van der Waals surface area contributed by atoms with Gasteiger partial charge >= 0.3 is 0 Å². The number of pyridine rings is 1. The van der Waals surface area contributed by atoms with Gasteiger partial charge in [0.2, 0.25) is 0 Å². The summed E-state index contributed by atoms with van der Waals surface area (Å²) < 4.78 is 10.1. The third-order valence-electron chi connectivity index (χ3n) is 5.07. The van der Waals surface area contributed by atoms with Gasteiger partial charge in [0.25, 0.3) is 0 Å². The summed E-state index contributed by atoms with van der Waals surface area (Å²) >= 11 is 5.06. The van der Waals surface area contributed by atoms with Crippen LogP contribution in [0, 0.1) is 6.92 Å². The molecule has 1 aromatic carbocycles. The van der Waals surface area contributed by atoms with Gasteiger partial charge in [0.15, 0.2) is 11.6 Å². The van der Waals surface area contributed by atoms with Crippen molar-refractivity contribution in [3.8, 4) is 11.3 Å². The van der Waals surface area contributed by atoms with E-state index in [1.165, 1.54) is 41.5 Å². The highest BCUT2D eigenvalue weighted by atomic mass is 79.9. The average molecular weight is 414 g/mol. The Morgan fingerprint density at radius 1 is 1.24 bits per heavy atom. The summed E-state index contributed by atoms with van der Waals surface area (Å²) in [4.78, 5) is 4.51. The van der Waals surface area contributed by atoms with E-state index in [0.717, 1.165) is 33.2 Å². The van der Waals surface area contributed by atoms with Crippen LogP contribution in [0.1, 0.15) is 29.7 Å². The van der Waals surface area contributed by atoms with Gasteiger partial charge in [-0.25, -0.2) is 4.98 Å². The Hall–Kier alpha value is -1.79. The van der Waals surface area contributed by atoms with E-state index in [1.54, 1.807) is 0 Å². The molecule has 0 atom stereocenters. The lowest BCUT2D eigenvalue weighted by atomic mass is 9.79. The summed E-state index contributed by atoms with van der Waals surface area (Å²) in [5, 5.41) is 5.23. The number of nitrogens with one attached hydrogen (secondary N) is 1. The van der Waals surface area contributed by atoms with Gasteiger partial charge in [-0.3, -0.25) is 0 Å². The Morgan fingerprint density at radius 3 is 2.92 bits per heavy atom. The van der Waals surface area contributed by atoms with Crippen LogP contribution in [0.5, 0.6) is 0 Å². The molecule has 126 valence electrons. The van der Waals surface area contributed by atoms with E-state index in [2.05, 4.69) is 49.0 Å². The van der Waals surface area contributed by atoms with Gasteiger partial charge in [-0.15, -0.1) is 0 Å². The number of rotatable bonds is 3. The molecule has 0 amide bonds. The first-order valence-electron chi connectivity index (χ1n) is 8.30. The van der Waals surface area contributed by atoms with E-state index in [9.17, 15) is 0 Å². The zero-order valence-corrected chi connectivity index (χ0v) is 16.1. The van der Waals surface area contributed by atoms with Crippen LogP contribution in [0.25, 0.3) is 11.3 Å². The van der Waals surface area contributed by atoms with Gasteiger partial charge in [0, 0.05) is 38.7 Å². The lowest BCUT2D eigenvalue weighted by molar-refractivity contribution is 0.432. The molecule has 1 N–H and O–H groups in total. The molecule has 6 heteroatoms. The van der Waals surface area contributed by atoms with Gasteiger partial charge in [-0.2, -0.15) is 0 Å². The van der Waals surface area contributed by atoms with E-state index in [-0.39, 0.29) is 5.41 Å². The summed E-state index contributed by atoms with van der Waals surface area (Å²) in [6.45, 7) is 1.99. The van der Waals surface area contributed by atoms with Crippen molar-refractivity contribution < 1.29 is 4.52 Å². The highest BCUT2D eigenvalue weighted by Gasteiger charge is 2.50. The highest BCUT2D eigenvalue weighted by molar-refractivity contribution is 9.10. The largest absolute Gasteiger partial charge is 0.354 e. The maximum absolute atomic E-state index is 5.73. The van der Waals surface area contributed by atoms with Crippen LogP contribution < -0.4 is 4.72 Å². The quantitative estimate of drug-likeness (QED) is 0.573. The van der Waals surface area contributed by atoms with Crippen molar-refractivity contribution in [2.24, 2.45) is 0 Å². The van der Waals surface area contributed by atoms with E-state index in [0.29, 0.717) is 0 Å². The molecule has 4 nitrogen and oxygen atoms in total. The number of fused-ring (bicyclic) bond motifs is 4. The standard InChI is InChI=1S/C19H16BrN3OS/c1-11-3-2-4-16(21-11)25-23-18-14-10-19(7-8-19)15-6-5-12(20)9-13(15)17(14)24-22-18/h2-6,9H,7-8,10H2,1H3,(H,22,23). The Morgan fingerprint density at radius 2 is 2.12 bits per heavy atom. The van der Waals surface area contributed by atoms with Crippen molar-refractivity contribution in [2.45, 2.75) is 36.6 Å². The fourth-order valence-electron chi connectivity index (χ4n) is 3.64. The van der Waals surface area contributed by atoms with Crippen molar-refractivity contribution in [1.82, 2.24) is 10.1 Å². The molecule has 2 aromatic heterocycles. The fourth-order valence-corrected chi connectivity index (χ4v) is 4.70. The summed E-state index contributed by atoms with van der Waals surface area (Å²) in [6.07, 6.45) is 3.46. The molecule has 2 aliphatic carbocycles. The summed E-state index contributed by atoms with van der Waals surface area (Å²) in [5.41, 5.74) is 5.04. The minimum atomic E-state index is 0.275. The van der Waals surface area contributed by atoms with E-state index >= 15 is 0 Å². The second kappa shape index (κ2) is 5.61. The summed E-state index contributed by atoms with van der Waals surface area (Å²) in [5.74, 6) is 1.72. The number of aromatic nitrogens is 2. The first-order chi connectivity index (χ1) is 12.1. The summed E-state index contributed by atoms with van der Waals surface area (Å²) in [6, 6.07) is 12.5. The summed E-state index contributed by atoms with van der Waals surface area (Å²) in [7, 11) is 0. The van der Waals surface area contributed by atoms with Crippen LogP contribution in [0.3, 0.4) is 0 Å². The maximum Gasteiger partial charge on any atom is 0.183 e. The molecule has 0 radical (unpaired) electrons. The topological polar surface area (TPSA) is 51.0 Å². The van der Waals surface area contributed by atoms with E-state index < -0.39 is 0 Å².